The molecule has 9 nitrogen and oxygen atoms in total. The zero-order valence-corrected chi connectivity index (χ0v) is 16.1. The van der Waals surface area contributed by atoms with Crippen molar-refractivity contribution in [3.63, 3.8) is 0 Å². The Balaban J connectivity index is 1.65. The lowest BCUT2D eigenvalue weighted by Gasteiger charge is -2.20. The van der Waals surface area contributed by atoms with Crippen molar-refractivity contribution >= 4 is 5.91 Å². The normalized spacial score (nSPS) is 10.7. The smallest absolute Gasteiger partial charge is 0.264 e. The molecule has 31 heavy (non-hydrogen) atoms. The number of nitrogens with zero attached hydrogens (tertiary/aromatic N) is 3. The van der Waals surface area contributed by atoms with E-state index >= 15 is 0 Å². The molecule has 0 bridgehead atoms. The minimum absolute atomic E-state index is 0.0831. The minimum Gasteiger partial charge on any atom is -0.508 e. The average Bonchev–Trinajstić information content (AvgIpc) is 2.79. The zero-order valence-electron chi connectivity index (χ0n) is 16.1. The van der Waals surface area contributed by atoms with E-state index in [0.29, 0.717) is 16.8 Å². The lowest BCUT2D eigenvalue weighted by Crippen LogP contribution is -2.33. The largest absolute Gasteiger partial charge is 0.508 e. The fourth-order valence-electron chi connectivity index (χ4n) is 3.02. The Kier molecular flexibility index (Phi) is 5.39. The summed E-state index contributed by atoms with van der Waals surface area (Å²) in [5, 5.41) is 29.6. The molecule has 0 saturated carbocycles. The van der Waals surface area contributed by atoms with Gasteiger partial charge in [-0.1, -0.05) is 24.3 Å². The highest BCUT2D eigenvalue weighted by molar-refractivity contribution is 5.94. The fraction of sp³-hybridized carbons (Fsp3) is 0.0455. The van der Waals surface area contributed by atoms with Crippen LogP contribution in [0.5, 0.6) is 11.5 Å². The molecule has 0 aliphatic rings. The van der Waals surface area contributed by atoms with Crippen LogP contribution in [-0.2, 0) is 0 Å². The minimum atomic E-state index is -0.634. The van der Waals surface area contributed by atoms with E-state index in [1.807, 2.05) is 0 Å². The Morgan fingerprint density at radius 1 is 0.935 bits per heavy atom. The molecule has 4 aromatic rings. The predicted octanol–water partition coefficient (Wildman–Crippen LogP) is 2.16. The number of hydrogen-bond donors (Lipinski definition) is 4. The second-order valence-electron chi connectivity index (χ2n) is 6.67. The monoisotopic (exact) mass is 415 g/mol. The van der Waals surface area contributed by atoms with Gasteiger partial charge in [0.2, 0.25) is 0 Å². The van der Waals surface area contributed by atoms with Gasteiger partial charge in [0.05, 0.1) is 6.04 Å². The van der Waals surface area contributed by atoms with Gasteiger partial charge in [-0.15, -0.1) is 5.10 Å². The van der Waals surface area contributed by atoms with Crippen molar-refractivity contribution < 1.29 is 15.0 Å². The van der Waals surface area contributed by atoms with Crippen LogP contribution in [0.3, 0.4) is 0 Å². The number of amides is 1. The highest BCUT2D eigenvalue weighted by Crippen LogP contribution is 2.25. The molecule has 0 aliphatic carbocycles. The van der Waals surface area contributed by atoms with Crippen molar-refractivity contribution in [2.24, 2.45) is 0 Å². The second kappa shape index (κ2) is 8.46. The summed E-state index contributed by atoms with van der Waals surface area (Å²) in [7, 11) is 0. The SMILES string of the molecule is O=C(NC(c1ccc(O)cc1)c1ccc(O)cc1)c1cnc(-c2cccnn2)[nH]c1=O. The molecule has 4 rings (SSSR count). The predicted molar refractivity (Wildman–Crippen MR) is 111 cm³/mol. The summed E-state index contributed by atoms with van der Waals surface area (Å²) in [5.41, 5.74) is 0.936. The quantitative estimate of drug-likeness (QED) is 0.391. The fourth-order valence-corrected chi connectivity index (χ4v) is 3.02. The third-order valence-electron chi connectivity index (χ3n) is 4.59. The molecule has 0 atom stereocenters. The standard InChI is InChI=1S/C22H17N5O4/c28-15-7-3-13(4-8-15)19(14-5-9-16(29)10-6-14)25-21(30)17-12-23-20(26-22(17)31)18-2-1-11-24-27-18/h1-12,19,28-29H,(H,25,30)(H,23,26,31). The van der Waals surface area contributed by atoms with Gasteiger partial charge in [0.1, 0.15) is 22.8 Å². The van der Waals surface area contributed by atoms with Crippen LogP contribution in [0.1, 0.15) is 27.5 Å². The van der Waals surface area contributed by atoms with Gasteiger partial charge < -0.3 is 20.5 Å². The number of hydrogen-bond acceptors (Lipinski definition) is 7. The molecule has 0 saturated heterocycles. The number of H-pyrrole nitrogens is 1. The molecule has 2 heterocycles. The van der Waals surface area contributed by atoms with Gasteiger partial charge in [0.15, 0.2) is 5.82 Å². The number of phenolic OH excluding ortho intramolecular Hbond substituents is 2. The van der Waals surface area contributed by atoms with Gasteiger partial charge in [-0.3, -0.25) is 9.59 Å². The number of aromatic nitrogens is 4. The third-order valence-corrected chi connectivity index (χ3v) is 4.59. The van der Waals surface area contributed by atoms with E-state index in [9.17, 15) is 19.8 Å². The molecule has 0 fully saturated rings. The van der Waals surface area contributed by atoms with Crippen molar-refractivity contribution in [1.29, 1.82) is 0 Å². The van der Waals surface area contributed by atoms with E-state index in [-0.39, 0.29) is 22.9 Å². The number of rotatable bonds is 5. The maximum Gasteiger partial charge on any atom is 0.264 e. The van der Waals surface area contributed by atoms with Gasteiger partial charge in [0, 0.05) is 12.4 Å². The molecule has 4 N–H and O–H groups in total. The summed E-state index contributed by atoms with van der Waals surface area (Å²) in [4.78, 5) is 32.1. The number of carbonyl (C=O) groups is 1. The summed E-state index contributed by atoms with van der Waals surface area (Å²) in [6.45, 7) is 0. The van der Waals surface area contributed by atoms with Crippen LogP contribution >= 0.6 is 0 Å². The van der Waals surface area contributed by atoms with Crippen LogP contribution in [0, 0.1) is 0 Å². The Bertz CT molecular complexity index is 1210. The van der Waals surface area contributed by atoms with Crippen molar-refractivity contribution in [2.75, 3.05) is 0 Å². The zero-order chi connectivity index (χ0) is 21.8. The Labute approximate surface area is 176 Å². The number of phenols is 2. The molecule has 2 aromatic heterocycles. The Morgan fingerprint density at radius 3 is 2.06 bits per heavy atom. The van der Waals surface area contributed by atoms with Crippen molar-refractivity contribution in [1.82, 2.24) is 25.5 Å². The molecular weight excluding hydrogens is 398 g/mol. The van der Waals surface area contributed by atoms with Gasteiger partial charge >= 0.3 is 0 Å². The van der Waals surface area contributed by atoms with Crippen LogP contribution < -0.4 is 10.9 Å². The number of aromatic hydroxyl groups is 2. The van der Waals surface area contributed by atoms with Crippen LogP contribution in [0.4, 0.5) is 0 Å². The maximum absolute atomic E-state index is 12.9. The van der Waals surface area contributed by atoms with E-state index in [4.69, 9.17) is 0 Å². The molecule has 0 spiro atoms. The van der Waals surface area contributed by atoms with Crippen molar-refractivity contribution in [3.8, 4) is 23.0 Å². The first-order valence-corrected chi connectivity index (χ1v) is 9.27. The average molecular weight is 415 g/mol. The first-order valence-electron chi connectivity index (χ1n) is 9.27. The van der Waals surface area contributed by atoms with Gasteiger partial charge in [-0.05, 0) is 47.5 Å². The van der Waals surface area contributed by atoms with Crippen LogP contribution in [-0.4, -0.2) is 36.3 Å². The van der Waals surface area contributed by atoms with Crippen molar-refractivity contribution in [3.05, 3.63) is 100 Å². The first kappa shape index (κ1) is 19.8. The number of carbonyl (C=O) groups excluding carboxylic acids is 1. The van der Waals surface area contributed by atoms with Crippen LogP contribution in [0.25, 0.3) is 11.5 Å². The molecule has 9 heteroatoms. The molecule has 0 unspecified atom stereocenters. The molecule has 0 aliphatic heterocycles. The highest BCUT2D eigenvalue weighted by Gasteiger charge is 2.21. The topological polar surface area (TPSA) is 141 Å². The van der Waals surface area contributed by atoms with E-state index in [1.54, 1.807) is 36.4 Å². The summed E-state index contributed by atoms with van der Waals surface area (Å²) in [6, 6.07) is 15.3. The Morgan fingerprint density at radius 2 is 1.55 bits per heavy atom. The summed E-state index contributed by atoms with van der Waals surface area (Å²) in [6.07, 6.45) is 2.68. The third kappa shape index (κ3) is 4.40. The van der Waals surface area contributed by atoms with E-state index in [1.165, 1.54) is 36.7 Å². The number of aromatic amines is 1. The number of nitrogens with one attached hydrogen (secondary N) is 2. The summed E-state index contributed by atoms with van der Waals surface area (Å²) < 4.78 is 0. The second-order valence-corrected chi connectivity index (χ2v) is 6.67. The van der Waals surface area contributed by atoms with Crippen molar-refractivity contribution in [2.45, 2.75) is 6.04 Å². The summed E-state index contributed by atoms with van der Waals surface area (Å²) in [5.74, 6) is -0.270. The van der Waals surface area contributed by atoms with Gasteiger partial charge in [-0.25, -0.2) is 4.98 Å². The van der Waals surface area contributed by atoms with E-state index in [0.717, 1.165) is 0 Å². The molecular formula is C22H17N5O4. The lowest BCUT2D eigenvalue weighted by atomic mass is 9.98. The van der Waals surface area contributed by atoms with E-state index in [2.05, 4.69) is 25.5 Å². The molecule has 154 valence electrons. The van der Waals surface area contributed by atoms with E-state index < -0.39 is 17.5 Å². The van der Waals surface area contributed by atoms with Crippen LogP contribution in [0.2, 0.25) is 0 Å². The Hall–Kier alpha value is -4.53. The number of benzene rings is 2. The molecule has 0 radical (unpaired) electrons. The lowest BCUT2D eigenvalue weighted by molar-refractivity contribution is 0.0941. The van der Waals surface area contributed by atoms with Gasteiger partial charge in [-0.2, -0.15) is 5.10 Å². The highest BCUT2D eigenvalue weighted by atomic mass is 16.3. The molecule has 1 amide bonds. The first-order chi connectivity index (χ1) is 15.0. The summed E-state index contributed by atoms with van der Waals surface area (Å²) >= 11 is 0. The van der Waals surface area contributed by atoms with Crippen LogP contribution in [0.15, 0.2) is 77.9 Å². The molecule has 2 aromatic carbocycles. The van der Waals surface area contributed by atoms with Gasteiger partial charge in [0.25, 0.3) is 11.5 Å². The maximum atomic E-state index is 12.9.